The zero-order chi connectivity index (χ0) is 12.8. The summed E-state index contributed by atoms with van der Waals surface area (Å²) in [5.41, 5.74) is 6.18. The first-order valence-electron chi connectivity index (χ1n) is 6.36. The fraction of sp³-hybridized carbons (Fsp3) is 0.923. The minimum atomic E-state index is -0.0130. The fourth-order valence-corrected chi connectivity index (χ4v) is 1.76. The van der Waals surface area contributed by atoms with Crippen LogP contribution in [0.4, 0.5) is 0 Å². The topological polar surface area (TPSA) is 50.4 Å². The number of rotatable bonds is 5. The van der Waals surface area contributed by atoms with Gasteiger partial charge in [0, 0.05) is 12.1 Å². The van der Waals surface area contributed by atoms with E-state index < -0.39 is 0 Å². The highest BCUT2D eigenvalue weighted by Gasteiger charge is 2.23. The van der Waals surface area contributed by atoms with Crippen LogP contribution in [0.3, 0.4) is 0 Å². The van der Waals surface area contributed by atoms with Gasteiger partial charge in [-0.05, 0) is 45.4 Å². The monoisotopic (exact) mass is 355 g/mol. The zero-order valence-corrected chi connectivity index (χ0v) is 14.6. The van der Waals surface area contributed by atoms with Crippen molar-refractivity contribution in [2.24, 2.45) is 16.1 Å². The number of nitrogens with two attached hydrogens (primary N) is 1. The molecule has 0 bridgehead atoms. The van der Waals surface area contributed by atoms with Crippen LogP contribution >= 0.6 is 24.0 Å². The highest BCUT2D eigenvalue weighted by atomic mass is 127. The molecule has 0 aliphatic heterocycles. The van der Waals surface area contributed by atoms with Gasteiger partial charge in [0.25, 0.3) is 0 Å². The lowest BCUT2D eigenvalue weighted by atomic mass is 9.80. The van der Waals surface area contributed by atoms with E-state index in [-0.39, 0.29) is 29.5 Å². The molecule has 0 fully saturated rings. The molecule has 0 unspecified atom stereocenters. The Morgan fingerprint density at radius 2 is 1.47 bits per heavy atom. The van der Waals surface area contributed by atoms with Crippen molar-refractivity contribution in [1.82, 2.24) is 5.32 Å². The third-order valence-corrected chi connectivity index (χ3v) is 3.34. The minimum Gasteiger partial charge on any atom is -0.370 e. The van der Waals surface area contributed by atoms with Gasteiger partial charge in [-0.1, -0.05) is 20.8 Å². The molecule has 0 rings (SSSR count). The van der Waals surface area contributed by atoms with Gasteiger partial charge in [-0.15, -0.1) is 24.0 Å². The van der Waals surface area contributed by atoms with E-state index in [1.807, 2.05) is 0 Å². The second kappa shape index (κ2) is 8.16. The first-order chi connectivity index (χ1) is 7.28. The van der Waals surface area contributed by atoms with Gasteiger partial charge >= 0.3 is 0 Å². The average Bonchev–Trinajstić information content (AvgIpc) is 2.18. The average molecular weight is 355 g/mol. The van der Waals surface area contributed by atoms with Crippen LogP contribution in [0.5, 0.6) is 0 Å². The quantitative estimate of drug-likeness (QED) is 0.450. The molecule has 0 spiro atoms. The molecule has 104 valence electrons. The van der Waals surface area contributed by atoms with Gasteiger partial charge in [-0.3, -0.25) is 4.99 Å². The van der Waals surface area contributed by atoms with Crippen LogP contribution in [0.25, 0.3) is 0 Å². The van der Waals surface area contributed by atoms with Crippen molar-refractivity contribution in [2.45, 2.75) is 66.3 Å². The van der Waals surface area contributed by atoms with Gasteiger partial charge in [0.2, 0.25) is 0 Å². The SMILES string of the molecule is CCC(CC)(CC)CN=C(N)NC(C)(C)C.I. The Balaban J connectivity index is 0. The molecule has 3 N–H and O–H groups in total. The minimum absolute atomic E-state index is 0. The molecule has 4 heteroatoms. The second-order valence-electron chi connectivity index (χ2n) is 5.64. The molecule has 0 saturated heterocycles. The molecular weight excluding hydrogens is 325 g/mol. The number of nitrogens with one attached hydrogen (secondary N) is 1. The molecule has 0 aliphatic carbocycles. The first kappa shape index (κ1) is 19.3. The molecule has 0 atom stereocenters. The van der Waals surface area contributed by atoms with Gasteiger partial charge in [-0.25, -0.2) is 0 Å². The number of hydrogen-bond donors (Lipinski definition) is 2. The third-order valence-electron chi connectivity index (χ3n) is 3.34. The summed E-state index contributed by atoms with van der Waals surface area (Å²) in [5, 5.41) is 3.19. The predicted molar refractivity (Wildman–Crippen MR) is 88.1 cm³/mol. The van der Waals surface area contributed by atoms with Gasteiger partial charge in [0.05, 0.1) is 0 Å². The maximum atomic E-state index is 5.87. The fourth-order valence-electron chi connectivity index (χ4n) is 1.76. The van der Waals surface area contributed by atoms with Crippen molar-refractivity contribution in [2.75, 3.05) is 6.54 Å². The molecule has 0 aromatic heterocycles. The first-order valence-corrected chi connectivity index (χ1v) is 6.36. The Kier molecular flexibility index (Phi) is 9.29. The lowest BCUT2D eigenvalue weighted by Crippen LogP contribution is -2.45. The molecule has 0 aliphatic rings. The van der Waals surface area contributed by atoms with Crippen LogP contribution in [0.15, 0.2) is 4.99 Å². The summed E-state index contributed by atoms with van der Waals surface area (Å²) < 4.78 is 0. The van der Waals surface area contributed by atoms with Crippen molar-refractivity contribution in [3.63, 3.8) is 0 Å². The maximum absolute atomic E-state index is 5.87. The molecule has 0 amide bonds. The Morgan fingerprint density at radius 1 is 1.06 bits per heavy atom. The number of hydrogen-bond acceptors (Lipinski definition) is 1. The maximum Gasteiger partial charge on any atom is 0.189 e. The largest absolute Gasteiger partial charge is 0.370 e. The lowest BCUT2D eigenvalue weighted by Gasteiger charge is -2.29. The van der Waals surface area contributed by atoms with E-state index in [4.69, 9.17) is 5.73 Å². The van der Waals surface area contributed by atoms with Crippen LogP contribution in [0, 0.1) is 5.41 Å². The molecule has 0 radical (unpaired) electrons. The Morgan fingerprint density at radius 3 is 1.76 bits per heavy atom. The van der Waals surface area contributed by atoms with Gasteiger partial charge in [0.1, 0.15) is 0 Å². The van der Waals surface area contributed by atoms with E-state index in [1.165, 1.54) is 0 Å². The van der Waals surface area contributed by atoms with Gasteiger partial charge < -0.3 is 11.1 Å². The van der Waals surface area contributed by atoms with Crippen molar-refractivity contribution in [3.05, 3.63) is 0 Å². The smallest absolute Gasteiger partial charge is 0.189 e. The van der Waals surface area contributed by atoms with E-state index in [2.05, 4.69) is 51.9 Å². The summed E-state index contributed by atoms with van der Waals surface area (Å²) in [4.78, 5) is 4.48. The van der Waals surface area contributed by atoms with Crippen molar-refractivity contribution in [1.29, 1.82) is 0 Å². The van der Waals surface area contributed by atoms with Crippen molar-refractivity contribution < 1.29 is 0 Å². The van der Waals surface area contributed by atoms with Gasteiger partial charge in [-0.2, -0.15) is 0 Å². The summed E-state index contributed by atoms with van der Waals surface area (Å²) in [6.45, 7) is 13.8. The predicted octanol–water partition coefficient (Wildman–Crippen LogP) is 3.52. The van der Waals surface area contributed by atoms with Crippen LogP contribution in [-0.2, 0) is 0 Å². The lowest BCUT2D eigenvalue weighted by molar-refractivity contribution is 0.262. The van der Waals surface area contributed by atoms with Gasteiger partial charge in [0.15, 0.2) is 5.96 Å². The highest BCUT2D eigenvalue weighted by molar-refractivity contribution is 14.0. The van der Waals surface area contributed by atoms with E-state index in [9.17, 15) is 0 Å². The third kappa shape index (κ3) is 7.84. The normalized spacial score (nSPS) is 13.2. The summed E-state index contributed by atoms with van der Waals surface area (Å²) >= 11 is 0. The second-order valence-corrected chi connectivity index (χ2v) is 5.64. The van der Waals surface area contributed by atoms with Crippen LogP contribution < -0.4 is 11.1 Å². The van der Waals surface area contributed by atoms with Crippen molar-refractivity contribution >= 4 is 29.9 Å². The van der Waals surface area contributed by atoms with E-state index >= 15 is 0 Å². The Hall–Kier alpha value is 0. The van der Waals surface area contributed by atoms with E-state index in [1.54, 1.807) is 0 Å². The standard InChI is InChI=1S/C13H29N3.HI/c1-7-13(8-2,9-3)10-15-11(14)16-12(4,5)6;/h7-10H2,1-6H3,(H3,14,15,16);1H. The summed E-state index contributed by atoms with van der Waals surface area (Å²) in [7, 11) is 0. The van der Waals surface area contributed by atoms with E-state index in [0.29, 0.717) is 11.4 Å². The molecular formula is C13H30IN3. The molecule has 0 aromatic carbocycles. The molecule has 0 heterocycles. The molecule has 0 aromatic rings. The van der Waals surface area contributed by atoms with Crippen LogP contribution in [0.2, 0.25) is 0 Å². The molecule has 17 heavy (non-hydrogen) atoms. The summed E-state index contributed by atoms with van der Waals surface area (Å²) in [6, 6.07) is 0. The van der Waals surface area contributed by atoms with Crippen LogP contribution in [0.1, 0.15) is 60.8 Å². The Bertz CT molecular complexity index is 219. The van der Waals surface area contributed by atoms with E-state index in [0.717, 1.165) is 25.8 Å². The Labute approximate surface area is 124 Å². The zero-order valence-electron chi connectivity index (χ0n) is 12.3. The van der Waals surface area contributed by atoms with Crippen LogP contribution in [-0.4, -0.2) is 18.0 Å². The van der Waals surface area contributed by atoms with Crippen molar-refractivity contribution in [3.8, 4) is 0 Å². The number of aliphatic imine (C=N–C) groups is 1. The summed E-state index contributed by atoms with van der Waals surface area (Å²) in [6.07, 6.45) is 3.48. The molecule has 3 nitrogen and oxygen atoms in total. The number of halogens is 1. The summed E-state index contributed by atoms with van der Waals surface area (Å²) in [5.74, 6) is 0.562. The number of guanidine groups is 1. The number of nitrogens with zero attached hydrogens (tertiary/aromatic N) is 1. The highest BCUT2D eigenvalue weighted by Crippen LogP contribution is 2.30. The molecule has 0 saturated carbocycles.